The number of hydrogen-bond donors (Lipinski definition) is 2. The molecule has 0 amide bonds. The van der Waals surface area contributed by atoms with Gasteiger partial charge >= 0.3 is 5.97 Å². The van der Waals surface area contributed by atoms with Gasteiger partial charge < -0.3 is 14.9 Å². The van der Waals surface area contributed by atoms with Crippen LogP contribution in [0.5, 0.6) is 11.5 Å². The van der Waals surface area contributed by atoms with Crippen LogP contribution < -0.4 is 0 Å². The molecule has 1 aromatic rings. The molecule has 0 fully saturated rings. The van der Waals surface area contributed by atoms with Crippen molar-refractivity contribution in [3.05, 3.63) is 21.7 Å². The molecule has 0 saturated heterocycles. The van der Waals surface area contributed by atoms with Crippen LogP contribution in [-0.4, -0.2) is 22.3 Å². The molecule has 1 aliphatic heterocycles. The first-order valence-corrected chi connectivity index (χ1v) is 5.24. The van der Waals surface area contributed by atoms with Gasteiger partial charge in [0.05, 0.1) is 0 Å². The summed E-state index contributed by atoms with van der Waals surface area (Å²) in [4.78, 5) is 11.5. The van der Waals surface area contributed by atoms with Crippen LogP contribution in [0.1, 0.15) is 22.8 Å². The SMILES string of the molecule is C[C@@H]1Cc2cc(O)c(Br)c(O)c2C(=O)O1. The Balaban J connectivity index is 2.66. The quantitative estimate of drug-likeness (QED) is 0.709. The maximum atomic E-state index is 11.5. The predicted octanol–water partition coefficient (Wildman–Crippen LogP) is 1.96. The van der Waals surface area contributed by atoms with Gasteiger partial charge in [0.1, 0.15) is 27.6 Å². The van der Waals surface area contributed by atoms with Crippen LogP contribution >= 0.6 is 15.9 Å². The largest absolute Gasteiger partial charge is 0.507 e. The highest BCUT2D eigenvalue weighted by Gasteiger charge is 2.29. The zero-order valence-corrected chi connectivity index (χ0v) is 9.54. The second-order valence-corrected chi connectivity index (χ2v) is 4.31. The van der Waals surface area contributed by atoms with Crippen LogP contribution in [0.2, 0.25) is 0 Å². The van der Waals surface area contributed by atoms with E-state index in [4.69, 9.17) is 4.74 Å². The van der Waals surface area contributed by atoms with Crippen LogP contribution in [0.25, 0.3) is 0 Å². The number of carbonyl (C=O) groups excluding carboxylic acids is 1. The minimum absolute atomic E-state index is 0.0758. The predicted molar refractivity (Wildman–Crippen MR) is 56.1 cm³/mol. The highest BCUT2D eigenvalue weighted by Crippen LogP contribution is 2.40. The lowest BCUT2D eigenvalue weighted by atomic mass is 9.98. The molecule has 0 bridgehead atoms. The third kappa shape index (κ3) is 1.56. The minimum atomic E-state index is -0.554. The van der Waals surface area contributed by atoms with Gasteiger partial charge in [-0.25, -0.2) is 4.79 Å². The lowest BCUT2D eigenvalue weighted by Crippen LogP contribution is -2.25. The van der Waals surface area contributed by atoms with Gasteiger partial charge in [-0.3, -0.25) is 0 Å². The van der Waals surface area contributed by atoms with Crippen LogP contribution in [-0.2, 0) is 11.2 Å². The fourth-order valence-corrected chi connectivity index (χ4v) is 1.98. The monoisotopic (exact) mass is 272 g/mol. The molecule has 4 nitrogen and oxygen atoms in total. The molecule has 0 radical (unpaired) electrons. The van der Waals surface area contributed by atoms with Gasteiger partial charge in [-0.1, -0.05) is 0 Å². The standard InChI is InChI=1S/C10H9BrO4/c1-4-2-5-3-6(12)8(11)9(13)7(5)10(14)15-4/h3-4,12-13H,2H2,1H3/t4-/m1/s1. The molecule has 1 aromatic carbocycles. The Hall–Kier alpha value is -1.23. The van der Waals surface area contributed by atoms with Crippen molar-refractivity contribution in [1.29, 1.82) is 0 Å². The van der Waals surface area contributed by atoms with Crippen molar-refractivity contribution < 1.29 is 19.7 Å². The summed E-state index contributed by atoms with van der Waals surface area (Å²) in [6.45, 7) is 1.76. The minimum Gasteiger partial charge on any atom is -0.507 e. The number of cyclic esters (lactones) is 1. The molecular formula is C10H9BrO4. The molecule has 1 aliphatic rings. The van der Waals surface area contributed by atoms with E-state index in [9.17, 15) is 15.0 Å². The first kappa shape index (κ1) is 10.3. The third-order valence-electron chi connectivity index (χ3n) is 2.32. The van der Waals surface area contributed by atoms with E-state index >= 15 is 0 Å². The average molecular weight is 273 g/mol. The Labute approximate surface area is 94.6 Å². The van der Waals surface area contributed by atoms with Gasteiger partial charge in [0.15, 0.2) is 0 Å². The zero-order valence-electron chi connectivity index (χ0n) is 7.95. The summed E-state index contributed by atoms with van der Waals surface area (Å²) in [5.74, 6) is -0.892. The van der Waals surface area contributed by atoms with E-state index in [-0.39, 0.29) is 27.6 Å². The smallest absolute Gasteiger partial charge is 0.342 e. The fraction of sp³-hybridized carbons (Fsp3) is 0.300. The second kappa shape index (κ2) is 3.41. The number of rotatable bonds is 0. The molecule has 0 spiro atoms. The van der Waals surface area contributed by atoms with Crippen LogP contribution in [0.15, 0.2) is 10.5 Å². The van der Waals surface area contributed by atoms with Crippen LogP contribution in [0.4, 0.5) is 0 Å². The fourth-order valence-electron chi connectivity index (χ4n) is 1.67. The summed E-state index contributed by atoms with van der Waals surface area (Å²) >= 11 is 2.99. The Morgan fingerprint density at radius 2 is 2.20 bits per heavy atom. The molecule has 2 rings (SSSR count). The summed E-state index contributed by atoms with van der Waals surface area (Å²) in [7, 11) is 0. The van der Waals surface area contributed by atoms with E-state index in [1.54, 1.807) is 6.92 Å². The number of hydrogen-bond acceptors (Lipinski definition) is 4. The summed E-state index contributed by atoms with van der Waals surface area (Å²) in [5, 5.41) is 19.1. The lowest BCUT2D eigenvalue weighted by Gasteiger charge is -2.22. The Kier molecular flexibility index (Phi) is 2.34. The topological polar surface area (TPSA) is 66.8 Å². The van der Waals surface area contributed by atoms with Crippen molar-refractivity contribution in [2.45, 2.75) is 19.4 Å². The third-order valence-corrected chi connectivity index (χ3v) is 3.10. The molecule has 0 aromatic heterocycles. The number of benzene rings is 1. The molecule has 1 atom stereocenters. The maximum Gasteiger partial charge on any atom is 0.342 e. The van der Waals surface area contributed by atoms with Crippen molar-refractivity contribution in [2.75, 3.05) is 0 Å². The molecular weight excluding hydrogens is 264 g/mol. The zero-order chi connectivity index (χ0) is 11.2. The molecule has 1 heterocycles. The molecule has 0 unspecified atom stereocenters. The number of esters is 1. The van der Waals surface area contributed by atoms with Gasteiger partial charge in [0, 0.05) is 6.42 Å². The average Bonchev–Trinajstić information content (AvgIpc) is 2.13. The number of ether oxygens (including phenoxy) is 1. The Morgan fingerprint density at radius 1 is 1.53 bits per heavy atom. The van der Waals surface area contributed by atoms with Gasteiger partial charge in [-0.15, -0.1) is 0 Å². The summed E-state index contributed by atoms with van der Waals surface area (Å²) in [6, 6.07) is 1.47. The Bertz CT molecular complexity index is 442. The summed E-state index contributed by atoms with van der Waals surface area (Å²) in [6.07, 6.45) is 0.264. The lowest BCUT2D eigenvalue weighted by molar-refractivity contribution is 0.0296. The van der Waals surface area contributed by atoms with Gasteiger partial charge in [-0.05, 0) is 34.5 Å². The van der Waals surface area contributed by atoms with Gasteiger partial charge in [-0.2, -0.15) is 0 Å². The van der Waals surface area contributed by atoms with E-state index in [1.807, 2.05) is 0 Å². The van der Waals surface area contributed by atoms with Crippen molar-refractivity contribution in [3.8, 4) is 11.5 Å². The molecule has 0 saturated carbocycles. The van der Waals surface area contributed by atoms with E-state index in [1.165, 1.54) is 6.07 Å². The second-order valence-electron chi connectivity index (χ2n) is 3.51. The first-order chi connectivity index (χ1) is 7.00. The highest BCUT2D eigenvalue weighted by atomic mass is 79.9. The normalized spacial score (nSPS) is 19.6. The number of fused-ring (bicyclic) bond motifs is 1. The summed E-state index contributed by atoms with van der Waals surface area (Å²) < 4.78 is 5.11. The van der Waals surface area contributed by atoms with E-state index in [2.05, 4.69) is 15.9 Å². The van der Waals surface area contributed by atoms with Crippen molar-refractivity contribution in [2.24, 2.45) is 0 Å². The van der Waals surface area contributed by atoms with Crippen molar-refractivity contribution in [1.82, 2.24) is 0 Å². The molecule has 2 N–H and O–H groups in total. The van der Waals surface area contributed by atoms with E-state index in [0.29, 0.717) is 12.0 Å². The molecule has 15 heavy (non-hydrogen) atoms. The number of phenols is 2. The number of halogens is 1. The van der Waals surface area contributed by atoms with Crippen LogP contribution in [0, 0.1) is 0 Å². The van der Waals surface area contributed by atoms with Gasteiger partial charge in [0.2, 0.25) is 0 Å². The number of carbonyl (C=O) groups is 1. The number of aromatic hydroxyl groups is 2. The number of phenolic OH excluding ortho intramolecular Hbond substituents is 2. The van der Waals surface area contributed by atoms with E-state index < -0.39 is 5.97 Å². The highest BCUT2D eigenvalue weighted by molar-refractivity contribution is 9.10. The summed E-state index contributed by atoms with van der Waals surface area (Å²) in [5.41, 5.74) is 0.745. The van der Waals surface area contributed by atoms with Crippen molar-refractivity contribution in [3.63, 3.8) is 0 Å². The van der Waals surface area contributed by atoms with Crippen molar-refractivity contribution >= 4 is 21.9 Å². The van der Waals surface area contributed by atoms with E-state index in [0.717, 1.165) is 0 Å². The van der Waals surface area contributed by atoms with Crippen LogP contribution in [0.3, 0.4) is 0 Å². The molecule has 80 valence electrons. The molecule has 5 heteroatoms. The Morgan fingerprint density at radius 3 is 2.87 bits per heavy atom. The maximum absolute atomic E-state index is 11.5. The molecule has 0 aliphatic carbocycles. The first-order valence-electron chi connectivity index (χ1n) is 4.45. The van der Waals surface area contributed by atoms with Gasteiger partial charge in [0.25, 0.3) is 0 Å².